The smallest absolute Gasteiger partial charge is 0.316 e. The van der Waals surface area contributed by atoms with Gasteiger partial charge in [0.15, 0.2) is 0 Å². The standard InChI is InChI=1S/C30H37N3O6/c1-30(2)38-20-24-17-23(8-11-28(24)39-30)27(34)18-32-13-12-21-6-9-26(10-7-21)37-15-14-36-19-22-4-3-5-25(16-22)33-29(31)35/h3-11,16-17,27,32,34H,12-15,18-20H2,1-2H3,(H3,31,33,35)/t27-/m0/s1. The molecule has 1 atom stereocenters. The lowest BCUT2D eigenvalue weighted by Gasteiger charge is -2.33. The van der Waals surface area contributed by atoms with Gasteiger partial charge in [-0.3, -0.25) is 0 Å². The number of carbonyl (C=O) groups excluding carboxylic acids is 1. The summed E-state index contributed by atoms with van der Waals surface area (Å²) in [5.74, 6) is 0.953. The quantitative estimate of drug-likeness (QED) is 0.241. The number of amides is 2. The summed E-state index contributed by atoms with van der Waals surface area (Å²) >= 11 is 0. The van der Waals surface area contributed by atoms with Crippen LogP contribution in [0.5, 0.6) is 11.5 Å². The first-order valence-corrected chi connectivity index (χ1v) is 13.1. The molecule has 0 aliphatic carbocycles. The van der Waals surface area contributed by atoms with Gasteiger partial charge in [-0.05, 0) is 66.1 Å². The molecule has 208 valence electrons. The number of carbonyl (C=O) groups is 1. The number of aliphatic hydroxyl groups excluding tert-OH is 1. The van der Waals surface area contributed by atoms with Crippen molar-refractivity contribution >= 4 is 11.7 Å². The van der Waals surface area contributed by atoms with E-state index >= 15 is 0 Å². The van der Waals surface area contributed by atoms with E-state index in [1.54, 1.807) is 6.07 Å². The zero-order valence-electron chi connectivity index (χ0n) is 22.4. The third-order valence-electron chi connectivity index (χ3n) is 6.21. The van der Waals surface area contributed by atoms with Gasteiger partial charge in [0, 0.05) is 31.6 Å². The van der Waals surface area contributed by atoms with Gasteiger partial charge in [-0.25, -0.2) is 4.79 Å². The van der Waals surface area contributed by atoms with Crippen molar-refractivity contribution in [2.75, 3.05) is 31.6 Å². The highest BCUT2D eigenvalue weighted by atomic mass is 16.7. The fraction of sp³-hybridized carbons (Fsp3) is 0.367. The number of hydrogen-bond donors (Lipinski definition) is 4. The molecule has 1 aliphatic heterocycles. The van der Waals surface area contributed by atoms with Crippen LogP contribution >= 0.6 is 0 Å². The maximum atomic E-state index is 11.0. The van der Waals surface area contributed by atoms with Gasteiger partial charge in [0.2, 0.25) is 5.79 Å². The Bertz CT molecular complexity index is 1230. The lowest BCUT2D eigenvalue weighted by Crippen LogP contribution is -2.35. The van der Waals surface area contributed by atoms with Gasteiger partial charge in [-0.2, -0.15) is 0 Å². The highest BCUT2D eigenvalue weighted by molar-refractivity contribution is 5.87. The van der Waals surface area contributed by atoms with E-state index in [9.17, 15) is 9.90 Å². The molecule has 1 aliphatic rings. The largest absolute Gasteiger partial charge is 0.491 e. The Balaban J connectivity index is 1.11. The number of ether oxygens (including phenoxy) is 4. The Labute approximate surface area is 229 Å². The summed E-state index contributed by atoms with van der Waals surface area (Å²) in [6.07, 6.45) is 0.222. The number of benzene rings is 3. The van der Waals surface area contributed by atoms with Gasteiger partial charge in [-0.1, -0.05) is 30.3 Å². The van der Waals surface area contributed by atoms with E-state index in [1.807, 2.05) is 74.5 Å². The molecule has 1 heterocycles. The third kappa shape index (κ3) is 8.97. The number of fused-ring (bicyclic) bond motifs is 1. The van der Waals surface area contributed by atoms with Crippen LogP contribution in [0.4, 0.5) is 10.5 Å². The maximum absolute atomic E-state index is 11.0. The van der Waals surface area contributed by atoms with Gasteiger partial charge in [-0.15, -0.1) is 0 Å². The van der Waals surface area contributed by atoms with Crippen molar-refractivity contribution in [1.82, 2.24) is 5.32 Å². The molecule has 9 nitrogen and oxygen atoms in total. The molecular weight excluding hydrogens is 498 g/mol. The van der Waals surface area contributed by atoms with Gasteiger partial charge in [0.1, 0.15) is 18.1 Å². The van der Waals surface area contributed by atoms with Crippen molar-refractivity contribution in [1.29, 1.82) is 0 Å². The SMILES string of the molecule is CC1(C)OCc2cc([C@@H](O)CNCCc3ccc(OCCOCc4cccc(NC(N)=O)c4)cc3)ccc2O1. The van der Waals surface area contributed by atoms with E-state index in [0.717, 1.165) is 41.2 Å². The second-order valence-corrected chi connectivity index (χ2v) is 9.86. The summed E-state index contributed by atoms with van der Waals surface area (Å²) in [5.41, 5.74) is 9.68. The summed E-state index contributed by atoms with van der Waals surface area (Å²) < 4.78 is 23.0. The number of primary amides is 1. The van der Waals surface area contributed by atoms with Gasteiger partial charge in [0.05, 0.1) is 25.9 Å². The van der Waals surface area contributed by atoms with Crippen molar-refractivity contribution in [3.8, 4) is 11.5 Å². The topological polar surface area (TPSA) is 124 Å². The van der Waals surface area contributed by atoms with Crippen LogP contribution in [0, 0.1) is 0 Å². The first-order chi connectivity index (χ1) is 18.8. The van der Waals surface area contributed by atoms with Crippen LogP contribution in [0.15, 0.2) is 66.7 Å². The molecule has 0 saturated carbocycles. The van der Waals surface area contributed by atoms with Crippen LogP contribution in [0.3, 0.4) is 0 Å². The number of aliphatic hydroxyl groups is 1. The molecule has 5 N–H and O–H groups in total. The lowest BCUT2D eigenvalue weighted by molar-refractivity contribution is -0.180. The molecule has 3 aromatic rings. The van der Waals surface area contributed by atoms with Gasteiger partial charge >= 0.3 is 6.03 Å². The Kier molecular flexibility index (Phi) is 9.78. The van der Waals surface area contributed by atoms with Crippen LogP contribution < -0.4 is 25.8 Å². The highest BCUT2D eigenvalue weighted by Gasteiger charge is 2.27. The molecule has 0 fully saturated rings. The van der Waals surface area contributed by atoms with Crippen molar-refractivity contribution in [2.24, 2.45) is 5.73 Å². The average molecular weight is 536 g/mol. The molecule has 39 heavy (non-hydrogen) atoms. The summed E-state index contributed by atoms with van der Waals surface area (Å²) in [4.78, 5) is 11.0. The molecule has 4 rings (SSSR count). The molecule has 0 bridgehead atoms. The minimum absolute atomic E-state index is 0.409. The molecule has 2 amide bonds. The molecule has 0 aromatic heterocycles. The van der Waals surface area contributed by atoms with Crippen molar-refractivity contribution < 1.29 is 28.8 Å². The van der Waals surface area contributed by atoms with E-state index < -0.39 is 17.9 Å². The average Bonchev–Trinajstić information content (AvgIpc) is 2.90. The van der Waals surface area contributed by atoms with Crippen LogP contribution in [0.25, 0.3) is 0 Å². The van der Waals surface area contributed by atoms with E-state index in [-0.39, 0.29) is 0 Å². The fourth-order valence-electron chi connectivity index (χ4n) is 4.20. The zero-order chi connectivity index (χ0) is 27.7. The van der Waals surface area contributed by atoms with E-state index in [0.29, 0.717) is 38.7 Å². The number of nitrogens with two attached hydrogens (primary N) is 1. The number of anilines is 1. The Morgan fingerprint density at radius 3 is 2.69 bits per heavy atom. The fourth-order valence-corrected chi connectivity index (χ4v) is 4.20. The van der Waals surface area contributed by atoms with E-state index in [2.05, 4.69) is 10.6 Å². The Hall–Kier alpha value is -3.63. The van der Waals surface area contributed by atoms with Crippen LogP contribution in [0.1, 0.15) is 42.2 Å². The minimum atomic E-state index is -0.630. The first kappa shape index (κ1) is 28.4. The maximum Gasteiger partial charge on any atom is 0.316 e. The van der Waals surface area contributed by atoms with Crippen LogP contribution in [0.2, 0.25) is 0 Å². The number of nitrogens with one attached hydrogen (secondary N) is 2. The van der Waals surface area contributed by atoms with Crippen molar-refractivity contribution in [2.45, 2.75) is 45.4 Å². The van der Waals surface area contributed by atoms with E-state index in [1.165, 1.54) is 5.56 Å². The van der Waals surface area contributed by atoms with Crippen molar-refractivity contribution in [3.63, 3.8) is 0 Å². The highest BCUT2D eigenvalue weighted by Crippen LogP contribution is 2.32. The normalized spacial score (nSPS) is 14.6. The number of urea groups is 1. The second kappa shape index (κ2) is 13.4. The van der Waals surface area contributed by atoms with Gasteiger partial charge in [0.25, 0.3) is 0 Å². The molecule has 0 saturated heterocycles. The lowest BCUT2D eigenvalue weighted by atomic mass is 10.0. The van der Waals surface area contributed by atoms with E-state index in [4.69, 9.17) is 24.7 Å². The predicted molar refractivity (Wildman–Crippen MR) is 149 cm³/mol. The third-order valence-corrected chi connectivity index (χ3v) is 6.21. The molecule has 3 aromatic carbocycles. The number of rotatable bonds is 13. The van der Waals surface area contributed by atoms with Crippen LogP contribution in [-0.2, 0) is 29.1 Å². The molecule has 0 spiro atoms. The summed E-state index contributed by atoms with van der Waals surface area (Å²) in [7, 11) is 0. The summed E-state index contributed by atoms with van der Waals surface area (Å²) in [5, 5.41) is 16.5. The first-order valence-electron chi connectivity index (χ1n) is 13.1. The summed E-state index contributed by atoms with van der Waals surface area (Å²) in [6, 6.07) is 20.5. The molecule has 0 radical (unpaired) electrons. The second-order valence-electron chi connectivity index (χ2n) is 9.86. The minimum Gasteiger partial charge on any atom is -0.491 e. The number of hydrogen-bond acceptors (Lipinski definition) is 7. The van der Waals surface area contributed by atoms with Crippen LogP contribution in [-0.4, -0.2) is 43.2 Å². The Morgan fingerprint density at radius 2 is 1.90 bits per heavy atom. The predicted octanol–water partition coefficient (Wildman–Crippen LogP) is 4.28. The monoisotopic (exact) mass is 535 g/mol. The molecule has 0 unspecified atom stereocenters. The molecule has 9 heteroatoms. The summed E-state index contributed by atoms with van der Waals surface area (Å²) in [6.45, 7) is 6.71. The zero-order valence-corrected chi connectivity index (χ0v) is 22.4. The van der Waals surface area contributed by atoms with Gasteiger partial charge < -0.3 is 40.4 Å². The van der Waals surface area contributed by atoms with Crippen molar-refractivity contribution in [3.05, 3.63) is 89.0 Å². The Morgan fingerprint density at radius 1 is 1.08 bits per heavy atom. The molecular formula is C30H37N3O6.